The van der Waals surface area contributed by atoms with E-state index < -0.39 is 6.10 Å². The average Bonchev–Trinajstić information content (AvgIpc) is 2.92. The van der Waals surface area contributed by atoms with E-state index in [0.717, 1.165) is 0 Å². The average molecular weight is 388 g/mol. The standard InChI is InChI=1S/C12H8Br2N2O3/c13-6-4-8-7(15-12(18)16-8)3-5(6)11(17)9-1-2-10(14)19-9/h1-4,11,17H,(H2,15,16,18). The number of hydrogen-bond acceptors (Lipinski definition) is 3. The first kappa shape index (κ1) is 12.7. The van der Waals surface area contributed by atoms with E-state index in [1.165, 1.54) is 0 Å². The Labute approximate surface area is 123 Å². The molecule has 1 aromatic carbocycles. The van der Waals surface area contributed by atoms with Crippen LogP contribution < -0.4 is 5.69 Å². The van der Waals surface area contributed by atoms with Gasteiger partial charge >= 0.3 is 5.69 Å². The molecule has 2 aromatic heterocycles. The largest absolute Gasteiger partial charge is 0.451 e. The highest BCUT2D eigenvalue weighted by Crippen LogP contribution is 2.32. The van der Waals surface area contributed by atoms with Crippen LogP contribution >= 0.6 is 31.9 Å². The predicted octanol–water partition coefficient (Wildman–Crippen LogP) is 3.06. The van der Waals surface area contributed by atoms with Crippen LogP contribution in [0.25, 0.3) is 11.0 Å². The number of halogens is 2. The number of benzene rings is 1. The van der Waals surface area contributed by atoms with Gasteiger partial charge in [0.15, 0.2) is 4.67 Å². The summed E-state index contributed by atoms with van der Waals surface area (Å²) in [5.41, 5.74) is 1.64. The van der Waals surface area contributed by atoms with Crippen LogP contribution in [0.3, 0.4) is 0 Å². The van der Waals surface area contributed by atoms with Gasteiger partial charge in [-0.05, 0) is 40.2 Å². The highest BCUT2D eigenvalue weighted by molar-refractivity contribution is 9.10. The van der Waals surface area contributed by atoms with Crippen molar-refractivity contribution in [3.8, 4) is 0 Å². The maximum atomic E-state index is 11.2. The lowest BCUT2D eigenvalue weighted by Crippen LogP contribution is -1.99. The van der Waals surface area contributed by atoms with Crippen LogP contribution in [0, 0.1) is 0 Å². The molecule has 0 aliphatic carbocycles. The maximum absolute atomic E-state index is 11.2. The van der Waals surface area contributed by atoms with Crippen LogP contribution in [-0.2, 0) is 0 Å². The van der Waals surface area contributed by atoms with Gasteiger partial charge in [-0.1, -0.05) is 15.9 Å². The number of aromatic nitrogens is 2. The summed E-state index contributed by atoms with van der Waals surface area (Å²) < 4.78 is 6.58. The smallest absolute Gasteiger partial charge is 0.323 e. The first-order valence-electron chi connectivity index (χ1n) is 5.39. The van der Waals surface area contributed by atoms with Gasteiger partial charge in [-0.3, -0.25) is 0 Å². The fraction of sp³-hybridized carbons (Fsp3) is 0.0833. The normalized spacial score (nSPS) is 13.0. The number of rotatable bonds is 2. The second-order valence-electron chi connectivity index (χ2n) is 4.04. The Morgan fingerprint density at radius 3 is 2.47 bits per heavy atom. The molecule has 5 nitrogen and oxygen atoms in total. The van der Waals surface area contributed by atoms with Crippen molar-refractivity contribution >= 4 is 42.9 Å². The minimum atomic E-state index is -0.913. The molecule has 7 heteroatoms. The van der Waals surface area contributed by atoms with E-state index in [0.29, 0.717) is 31.5 Å². The third-order valence-corrected chi connectivity index (χ3v) is 3.90. The summed E-state index contributed by atoms with van der Waals surface area (Å²) >= 11 is 6.57. The number of imidazole rings is 1. The van der Waals surface area contributed by atoms with E-state index >= 15 is 0 Å². The van der Waals surface area contributed by atoms with Crippen LogP contribution in [0.4, 0.5) is 0 Å². The van der Waals surface area contributed by atoms with E-state index in [1.807, 2.05) is 0 Å². The Morgan fingerprint density at radius 1 is 1.16 bits per heavy atom. The molecule has 1 atom stereocenters. The molecule has 0 saturated carbocycles. The Hall–Kier alpha value is -1.31. The predicted molar refractivity (Wildman–Crippen MR) is 77.1 cm³/mol. The van der Waals surface area contributed by atoms with Gasteiger partial charge in [-0.25, -0.2) is 4.79 Å². The van der Waals surface area contributed by atoms with Crippen molar-refractivity contribution in [2.24, 2.45) is 0 Å². The second-order valence-corrected chi connectivity index (χ2v) is 5.68. The van der Waals surface area contributed by atoms with Crippen molar-refractivity contribution < 1.29 is 9.52 Å². The molecule has 19 heavy (non-hydrogen) atoms. The fourth-order valence-electron chi connectivity index (χ4n) is 1.91. The summed E-state index contributed by atoms with van der Waals surface area (Å²) in [7, 11) is 0. The van der Waals surface area contributed by atoms with E-state index in [2.05, 4.69) is 41.8 Å². The topological polar surface area (TPSA) is 82.0 Å². The van der Waals surface area contributed by atoms with E-state index in [-0.39, 0.29) is 5.69 Å². The Morgan fingerprint density at radius 2 is 1.84 bits per heavy atom. The zero-order valence-electron chi connectivity index (χ0n) is 9.41. The number of hydrogen-bond donors (Lipinski definition) is 3. The van der Waals surface area contributed by atoms with Crippen LogP contribution in [-0.4, -0.2) is 15.1 Å². The molecule has 0 aliphatic heterocycles. The molecule has 0 bridgehead atoms. The van der Waals surface area contributed by atoms with Gasteiger partial charge < -0.3 is 19.5 Å². The van der Waals surface area contributed by atoms with E-state index in [1.54, 1.807) is 24.3 Å². The molecule has 98 valence electrons. The summed E-state index contributed by atoms with van der Waals surface area (Å²) in [6.07, 6.45) is -0.913. The number of aromatic amines is 2. The molecule has 0 amide bonds. The fourth-order valence-corrected chi connectivity index (χ4v) is 2.79. The van der Waals surface area contributed by atoms with Crippen LogP contribution in [0.1, 0.15) is 17.4 Å². The first-order chi connectivity index (χ1) is 9.04. The second kappa shape index (κ2) is 4.66. The van der Waals surface area contributed by atoms with Crippen molar-refractivity contribution in [1.29, 1.82) is 0 Å². The van der Waals surface area contributed by atoms with Gasteiger partial charge in [-0.2, -0.15) is 0 Å². The van der Waals surface area contributed by atoms with Crippen LogP contribution in [0.15, 0.2) is 42.6 Å². The molecule has 2 heterocycles. The Bertz CT molecular complexity index is 803. The lowest BCUT2D eigenvalue weighted by Gasteiger charge is -2.10. The summed E-state index contributed by atoms with van der Waals surface area (Å²) in [4.78, 5) is 16.6. The zero-order chi connectivity index (χ0) is 13.6. The van der Waals surface area contributed by atoms with Gasteiger partial charge in [-0.15, -0.1) is 0 Å². The lowest BCUT2D eigenvalue weighted by atomic mass is 10.1. The molecule has 0 spiro atoms. The molecule has 3 aromatic rings. The number of fused-ring (bicyclic) bond motifs is 1. The van der Waals surface area contributed by atoms with Gasteiger partial charge in [0.1, 0.15) is 11.9 Å². The van der Waals surface area contributed by atoms with Crippen molar-refractivity contribution in [3.05, 3.63) is 55.2 Å². The Kier molecular flexibility index (Phi) is 3.12. The molecule has 0 aliphatic rings. The molecule has 3 N–H and O–H groups in total. The van der Waals surface area contributed by atoms with Crippen LogP contribution in [0.2, 0.25) is 0 Å². The molecule has 0 radical (unpaired) electrons. The first-order valence-corrected chi connectivity index (χ1v) is 6.98. The minimum absolute atomic E-state index is 0.283. The molecular weight excluding hydrogens is 380 g/mol. The highest BCUT2D eigenvalue weighted by Gasteiger charge is 2.18. The summed E-state index contributed by atoms with van der Waals surface area (Å²) in [5, 5.41) is 10.3. The molecule has 0 fully saturated rings. The lowest BCUT2D eigenvalue weighted by molar-refractivity contribution is 0.187. The van der Waals surface area contributed by atoms with Crippen molar-refractivity contribution in [1.82, 2.24) is 9.97 Å². The van der Waals surface area contributed by atoms with E-state index in [9.17, 15) is 9.90 Å². The number of furan rings is 1. The van der Waals surface area contributed by atoms with Gasteiger partial charge in [0, 0.05) is 10.0 Å². The SMILES string of the molecule is O=c1[nH]c2cc(Br)c(C(O)c3ccc(Br)o3)cc2[nH]1. The summed E-state index contributed by atoms with van der Waals surface area (Å²) in [6.45, 7) is 0. The van der Waals surface area contributed by atoms with Gasteiger partial charge in [0.2, 0.25) is 0 Å². The minimum Gasteiger partial charge on any atom is -0.451 e. The Balaban J connectivity index is 2.13. The summed E-state index contributed by atoms with van der Waals surface area (Å²) in [6, 6.07) is 6.84. The van der Waals surface area contributed by atoms with Crippen molar-refractivity contribution in [3.63, 3.8) is 0 Å². The number of nitrogens with one attached hydrogen (secondary N) is 2. The number of H-pyrrole nitrogens is 2. The molecule has 3 rings (SSSR count). The van der Waals surface area contributed by atoms with E-state index in [4.69, 9.17) is 4.42 Å². The quantitative estimate of drug-likeness (QED) is 0.632. The summed E-state index contributed by atoms with van der Waals surface area (Å²) in [5.74, 6) is 0.421. The molecular formula is C12H8Br2N2O3. The van der Waals surface area contributed by atoms with Gasteiger partial charge in [0.25, 0.3) is 0 Å². The van der Waals surface area contributed by atoms with Crippen LogP contribution in [0.5, 0.6) is 0 Å². The third kappa shape index (κ3) is 2.29. The monoisotopic (exact) mass is 386 g/mol. The maximum Gasteiger partial charge on any atom is 0.323 e. The highest BCUT2D eigenvalue weighted by atomic mass is 79.9. The molecule has 0 saturated heterocycles. The molecule has 1 unspecified atom stereocenters. The van der Waals surface area contributed by atoms with Gasteiger partial charge in [0.05, 0.1) is 11.0 Å². The number of aliphatic hydroxyl groups is 1. The number of aliphatic hydroxyl groups excluding tert-OH is 1. The van der Waals surface area contributed by atoms with Crippen molar-refractivity contribution in [2.75, 3.05) is 0 Å². The third-order valence-electron chi connectivity index (χ3n) is 2.79. The van der Waals surface area contributed by atoms with Crippen molar-refractivity contribution in [2.45, 2.75) is 6.10 Å². The zero-order valence-corrected chi connectivity index (χ0v) is 12.6.